The van der Waals surface area contributed by atoms with Crippen LogP contribution in [0.25, 0.3) is 0 Å². The average Bonchev–Trinajstić information content (AvgIpc) is 2.83. The number of thioether (sulfide) groups is 1. The fourth-order valence-electron chi connectivity index (χ4n) is 3.20. The first-order valence-electron chi connectivity index (χ1n) is 7.16. The molecule has 2 fully saturated rings. The fraction of sp³-hybridized carbons (Fsp3) is 1.00. The van der Waals surface area contributed by atoms with E-state index in [0.717, 1.165) is 11.8 Å². The van der Waals surface area contributed by atoms with Gasteiger partial charge in [-0.05, 0) is 31.2 Å². The molecule has 2 N–H and O–H groups in total. The van der Waals surface area contributed by atoms with Crippen LogP contribution in [0.1, 0.15) is 51.9 Å². The minimum Gasteiger partial charge on any atom is -0.412 e. The van der Waals surface area contributed by atoms with E-state index in [1.807, 2.05) is 0 Å². The molecule has 0 radical (unpaired) electrons. The highest BCUT2D eigenvalue weighted by molar-refractivity contribution is 7.99. The normalized spacial score (nSPS) is 23.2. The molecule has 1 aliphatic heterocycles. The Balaban J connectivity index is 0.00000144. The Labute approximate surface area is 123 Å². The molecule has 0 aromatic heterocycles. The van der Waals surface area contributed by atoms with Gasteiger partial charge in [0.05, 0.1) is 0 Å². The lowest BCUT2D eigenvalue weighted by atomic mass is 9.79. The number of nitrogens with zero attached hydrogens (tertiary/aromatic N) is 1. The zero-order valence-corrected chi connectivity index (χ0v) is 13.3. The summed E-state index contributed by atoms with van der Waals surface area (Å²) in [6, 6.07) is 0. The summed E-state index contributed by atoms with van der Waals surface area (Å²) < 4.78 is 0. The van der Waals surface area contributed by atoms with Crippen molar-refractivity contribution < 1.29 is 5.48 Å². The fourth-order valence-corrected chi connectivity index (χ4v) is 4.24. The van der Waals surface area contributed by atoms with E-state index in [1.165, 1.54) is 69.7 Å². The van der Waals surface area contributed by atoms with Crippen LogP contribution in [0.4, 0.5) is 0 Å². The van der Waals surface area contributed by atoms with Crippen LogP contribution in [0.5, 0.6) is 0 Å². The van der Waals surface area contributed by atoms with E-state index in [0.29, 0.717) is 0 Å². The van der Waals surface area contributed by atoms with Crippen LogP contribution in [0.3, 0.4) is 0 Å². The Hall–Kier alpha value is 0.560. The number of halogens is 1. The van der Waals surface area contributed by atoms with Crippen molar-refractivity contribution in [2.45, 2.75) is 51.9 Å². The van der Waals surface area contributed by atoms with Gasteiger partial charge in [0.25, 0.3) is 0 Å². The molecular formula is C14H30ClNOS. The predicted molar refractivity (Wildman–Crippen MR) is 84.7 cm³/mol. The first-order valence-corrected chi connectivity index (χ1v) is 8.32. The van der Waals surface area contributed by atoms with E-state index in [4.69, 9.17) is 0 Å². The third-order valence-electron chi connectivity index (χ3n) is 4.41. The summed E-state index contributed by atoms with van der Waals surface area (Å²) in [4.78, 5) is 2.62. The smallest absolute Gasteiger partial charge is 0.0445 e. The minimum atomic E-state index is 0. The maximum Gasteiger partial charge on any atom is 0.0445 e. The Bertz CT molecular complexity index is 194. The standard InChI is InChI=1S/C14H27NS.ClH.H2O/c1-13(14-7-3-2-4-8-14)6-5-9-15-10-11-16-12-15;;/h13-14H,2-12H2,1H3;1H;1H2. The van der Waals surface area contributed by atoms with Gasteiger partial charge in [0, 0.05) is 18.2 Å². The van der Waals surface area contributed by atoms with Crippen molar-refractivity contribution in [2.24, 2.45) is 11.8 Å². The second-order valence-corrected chi connectivity index (χ2v) is 6.75. The van der Waals surface area contributed by atoms with Crippen LogP contribution in [-0.2, 0) is 0 Å². The van der Waals surface area contributed by atoms with Crippen molar-refractivity contribution in [3.8, 4) is 0 Å². The van der Waals surface area contributed by atoms with Crippen LogP contribution in [0, 0.1) is 11.8 Å². The minimum absolute atomic E-state index is 0. The first kappa shape index (κ1) is 18.6. The molecule has 0 spiro atoms. The Morgan fingerprint density at radius 3 is 2.56 bits per heavy atom. The van der Waals surface area contributed by atoms with Gasteiger partial charge in [-0.2, -0.15) is 0 Å². The summed E-state index contributed by atoms with van der Waals surface area (Å²) in [6.07, 6.45) is 10.4. The molecule has 1 atom stereocenters. The van der Waals surface area contributed by atoms with Crippen molar-refractivity contribution in [3.05, 3.63) is 0 Å². The summed E-state index contributed by atoms with van der Waals surface area (Å²) in [5.74, 6) is 4.69. The molecule has 2 aliphatic rings. The van der Waals surface area contributed by atoms with E-state index >= 15 is 0 Å². The van der Waals surface area contributed by atoms with Crippen LogP contribution < -0.4 is 0 Å². The summed E-state index contributed by atoms with van der Waals surface area (Å²) in [5, 5.41) is 0. The summed E-state index contributed by atoms with van der Waals surface area (Å²) in [6.45, 7) is 5.18. The number of hydrogen-bond acceptors (Lipinski definition) is 2. The first-order chi connectivity index (χ1) is 7.86. The van der Waals surface area contributed by atoms with Crippen molar-refractivity contribution in [1.29, 1.82) is 0 Å². The van der Waals surface area contributed by atoms with Crippen LogP contribution in [0.2, 0.25) is 0 Å². The maximum absolute atomic E-state index is 2.62. The molecule has 18 heavy (non-hydrogen) atoms. The maximum atomic E-state index is 2.62. The van der Waals surface area contributed by atoms with Gasteiger partial charge in [0.2, 0.25) is 0 Å². The molecule has 0 aromatic carbocycles. The largest absolute Gasteiger partial charge is 0.412 e. The number of rotatable bonds is 5. The van der Waals surface area contributed by atoms with Crippen molar-refractivity contribution in [1.82, 2.24) is 4.90 Å². The van der Waals surface area contributed by atoms with Gasteiger partial charge >= 0.3 is 0 Å². The highest BCUT2D eigenvalue weighted by atomic mass is 35.5. The van der Waals surface area contributed by atoms with Crippen LogP contribution in [-0.4, -0.2) is 35.1 Å². The van der Waals surface area contributed by atoms with E-state index in [1.54, 1.807) is 0 Å². The Morgan fingerprint density at radius 1 is 1.22 bits per heavy atom. The van der Waals surface area contributed by atoms with Gasteiger partial charge in [0.15, 0.2) is 0 Å². The molecule has 4 heteroatoms. The lowest BCUT2D eigenvalue weighted by Gasteiger charge is -2.28. The van der Waals surface area contributed by atoms with Crippen molar-refractivity contribution >= 4 is 24.2 Å². The van der Waals surface area contributed by atoms with Crippen molar-refractivity contribution in [2.75, 3.05) is 24.7 Å². The number of hydrogen-bond donors (Lipinski definition) is 0. The van der Waals surface area contributed by atoms with Gasteiger partial charge in [0.1, 0.15) is 0 Å². The lowest BCUT2D eigenvalue weighted by Crippen LogP contribution is -2.22. The van der Waals surface area contributed by atoms with Gasteiger partial charge in [-0.25, -0.2) is 0 Å². The summed E-state index contributed by atoms with van der Waals surface area (Å²) >= 11 is 2.10. The molecule has 1 unspecified atom stereocenters. The van der Waals surface area contributed by atoms with E-state index < -0.39 is 0 Å². The quantitative estimate of drug-likeness (QED) is 0.777. The average molecular weight is 296 g/mol. The van der Waals surface area contributed by atoms with E-state index in [9.17, 15) is 0 Å². The molecule has 1 heterocycles. The van der Waals surface area contributed by atoms with Crippen LogP contribution >= 0.6 is 24.2 Å². The zero-order chi connectivity index (χ0) is 11.2. The molecule has 0 aromatic rings. The SMILES string of the molecule is CC(CCCN1CCSC1)C1CCCCC1.Cl.O. The summed E-state index contributed by atoms with van der Waals surface area (Å²) in [7, 11) is 0. The molecule has 1 aliphatic carbocycles. The molecule has 2 nitrogen and oxygen atoms in total. The van der Waals surface area contributed by atoms with Gasteiger partial charge in [-0.15, -0.1) is 24.2 Å². The molecule has 110 valence electrons. The second kappa shape index (κ2) is 10.4. The predicted octanol–water partition coefficient (Wildman–Crippen LogP) is 3.59. The summed E-state index contributed by atoms with van der Waals surface area (Å²) in [5.41, 5.74) is 0. The third-order valence-corrected chi connectivity index (χ3v) is 5.43. The van der Waals surface area contributed by atoms with Crippen LogP contribution in [0.15, 0.2) is 0 Å². The van der Waals surface area contributed by atoms with Gasteiger partial charge in [-0.1, -0.05) is 39.0 Å². The van der Waals surface area contributed by atoms with E-state index in [2.05, 4.69) is 23.6 Å². The molecule has 0 bridgehead atoms. The van der Waals surface area contributed by atoms with Crippen molar-refractivity contribution in [3.63, 3.8) is 0 Å². The second-order valence-electron chi connectivity index (χ2n) is 5.67. The highest BCUT2D eigenvalue weighted by Crippen LogP contribution is 2.32. The molecule has 0 amide bonds. The Morgan fingerprint density at radius 2 is 1.94 bits per heavy atom. The molecule has 1 saturated heterocycles. The molecule has 1 saturated carbocycles. The lowest BCUT2D eigenvalue weighted by molar-refractivity contribution is 0.238. The Kier molecular flexibility index (Phi) is 10.7. The monoisotopic (exact) mass is 295 g/mol. The van der Waals surface area contributed by atoms with E-state index in [-0.39, 0.29) is 17.9 Å². The third kappa shape index (κ3) is 6.14. The topological polar surface area (TPSA) is 34.7 Å². The highest BCUT2D eigenvalue weighted by Gasteiger charge is 2.20. The molecular weight excluding hydrogens is 266 g/mol. The van der Waals surface area contributed by atoms with Gasteiger partial charge < -0.3 is 5.48 Å². The molecule has 2 rings (SSSR count). The zero-order valence-electron chi connectivity index (χ0n) is 11.7. The van der Waals surface area contributed by atoms with Gasteiger partial charge in [-0.3, -0.25) is 4.90 Å².